The van der Waals surface area contributed by atoms with Crippen molar-refractivity contribution in [2.24, 2.45) is 0 Å². The van der Waals surface area contributed by atoms with E-state index in [1.54, 1.807) is 0 Å². The lowest BCUT2D eigenvalue weighted by Crippen LogP contribution is -1.84. The third-order valence-corrected chi connectivity index (χ3v) is 1.71. The summed E-state index contributed by atoms with van der Waals surface area (Å²) >= 11 is 0. The molecule has 11 heavy (non-hydrogen) atoms. The van der Waals surface area contributed by atoms with Gasteiger partial charge in [0.1, 0.15) is 0 Å². The Morgan fingerprint density at radius 1 is 1.36 bits per heavy atom. The van der Waals surface area contributed by atoms with Gasteiger partial charge in [-0.1, -0.05) is 18.9 Å². The quantitative estimate of drug-likeness (QED) is 0.531. The zero-order valence-electron chi connectivity index (χ0n) is 7.02. The molecule has 0 aliphatic heterocycles. The maximum absolute atomic E-state index is 5.29. The van der Waals surface area contributed by atoms with Gasteiger partial charge in [-0.05, 0) is 36.6 Å². The lowest BCUT2D eigenvalue weighted by atomic mass is 10.1. The second kappa shape index (κ2) is 3.25. The molecule has 0 atom stereocenters. The van der Waals surface area contributed by atoms with Gasteiger partial charge in [-0.25, -0.2) is 0 Å². The Balaban J connectivity index is 3.15. The van der Waals surface area contributed by atoms with Crippen molar-refractivity contribution in [3.8, 4) is 12.3 Å². The van der Waals surface area contributed by atoms with Crippen LogP contribution in [0.15, 0.2) is 18.2 Å². The smallest absolute Gasteiger partial charge is 0.0247 e. The van der Waals surface area contributed by atoms with Crippen molar-refractivity contribution in [2.45, 2.75) is 20.3 Å². The van der Waals surface area contributed by atoms with Gasteiger partial charge in [-0.15, -0.1) is 6.42 Å². The first-order valence-corrected chi connectivity index (χ1v) is 3.83. The number of rotatable bonds is 1. The van der Waals surface area contributed by atoms with E-state index in [1.807, 2.05) is 6.07 Å². The monoisotopic (exact) mass is 144 g/mol. The minimum atomic E-state index is 0.988. The Kier molecular flexibility index (Phi) is 2.33. The average Bonchev–Trinajstić information content (AvgIpc) is 2.03. The average molecular weight is 144 g/mol. The predicted molar refractivity (Wildman–Crippen MR) is 48.5 cm³/mol. The van der Waals surface area contributed by atoms with Gasteiger partial charge in [0.2, 0.25) is 0 Å². The lowest BCUT2D eigenvalue weighted by Gasteiger charge is -1.99. The van der Waals surface area contributed by atoms with Gasteiger partial charge in [0.05, 0.1) is 0 Å². The zero-order chi connectivity index (χ0) is 8.27. The van der Waals surface area contributed by atoms with Crippen molar-refractivity contribution in [3.63, 3.8) is 0 Å². The third-order valence-electron chi connectivity index (χ3n) is 1.71. The molecule has 1 rings (SSSR count). The van der Waals surface area contributed by atoms with Crippen LogP contribution in [0.1, 0.15) is 23.6 Å². The summed E-state index contributed by atoms with van der Waals surface area (Å²) in [4.78, 5) is 0. The van der Waals surface area contributed by atoms with E-state index in [0.29, 0.717) is 0 Å². The second-order valence-electron chi connectivity index (χ2n) is 2.71. The number of benzene rings is 1. The molecule has 56 valence electrons. The standard InChI is InChI=1S/C11H12/c1-4-10-6-9(3)7-11(5-2)8-10/h1,6-8H,5H2,2-3H3. The summed E-state index contributed by atoms with van der Waals surface area (Å²) in [5.41, 5.74) is 3.55. The minimum Gasteiger partial charge on any atom is -0.115 e. The molecular formula is C11H12. The summed E-state index contributed by atoms with van der Waals surface area (Å²) in [6.07, 6.45) is 6.34. The Morgan fingerprint density at radius 2 is 2.09 bits per heavy atom. The van der Waals surface area contributed by atoms with Crippen LogP contribution in [0.25, 0.3) is 0 Å². The fourth-order valence-corrected chi connectivity index (χ4v) is 1.15. The molecule has 0 fully saturated rings. The van der Waals surface area contributed by atoms with Crippen LogP contribution in [0.5, 0.6) is 0 Å². The summed E-state index contributed by atoms with van der Waals surface area (Å²) in [7, 11) is 0. The summed E-state index contributed by atoms with van der Waals surface area (Å²) in [6.45, 7) is 4.20. The largest absolute Gasteiger partial charge is 0.115 e. The fourth-order valence-electron chi connectivity index (χ4n) is 1.15. The van der Waals surface area contributed by atoms with Crippen LogP contribution in [-0.4, -0.2) is 0 Å². The molecule has 0 spiro atoms. The van der Waals surface area contributed by atoms with E-state index in [9.17, 15) is 0 Å². The molecule has 0 radical (unpaired) electrons. The predicted octanol–water partition coefficient (Wildman–Crippen LogP) is 2.54. The molecule has 0 aliphatic rings. The molecule has 0 heteroatoms. The first-order chi connectivity index (χ1) is 5.26. The van der Waals surface area contributed by atoms with Gasteiger partial charge in [-0.2, -0.15) is 0 Å². The number of aryl methyl sites for hydroxylation is 2. The second-order valence-corrected chi connectivity index (χ2v) is 2.71. The van der Waals surface area contributed by atoms with E-state index < -0.39 is 0 Å². The molecule has 0 aliphatic carbocycles. The van der Waals surface area contributed by atoms with Gasteiger partial charge >= 0.3 is 0 Å². The SMILES string of the molecule is C#Cc1cc(C)cc(CC)c1. The highest BCUT2D eigenvalue weighted by molar-refractivity contribution is 5.38. The van der Waals surface area contributed by atoms with Gasteiger partial charge in [0.25, 0.3) is 0 Å². The van der Waals surface area contributed by atoms with Crippen LogP contribution in [-0.2, 0) is 6.42 Å². The van der Waals surface area contributed by atoms with Gasteiger partial charge in [0.15, 0.2) is 0 Å². The van der Waals surface area contributed by atoms with Gasteiger partial charge in [-0.3, -0.25) is 0 Å². The van der Waals surface area contributed by atoms with Crippen LogP contribution < -0.4 is 0 Å². The summed E-state index contributed by atoms with van der Waals surface area (Å²) in [6, 6.07) is 6.26. The highest BCUT2D eigenvalue weighted by Crippen LogP contribution is 2.08. The molecule has 0 bridgehead atoms. The number of hydrogen-bond acceptors (Lipinski definition) is 0. The normalized spacial score (nSPS) is 9.18. The van der Waals surface area contributed by atoms with Crippen molar-refractivity contribution < 1.29 is 0 Å². The maximum atomic E-state index is 5.29. The topological polar surface area (TPSA) is 0 Å². The Bertz CT molecular complexity index is 289. The summed E-state index contributed by atoms with van der Waals surface area (Å²) < 4.78 is 0. The Morgan fingerprint density at radius 3 is 2.64 bits per heavy atom. The molecule has 0 amide bonds. The third kappa shape index (κ3) is 1.85. The maximum Gasteiger partial charge on any atom is 0.0247 e. The highest BCUT2D eigenvalue weighted by Gasteiger charge is 1.93. The summed E-state index contributed by atoms with van der Waals surface area (Å²) in [5.74, 6) is 2.64. The first kappa shape index (κ1) is 7.88. The molecule has 0 aromatic heterocycles. The highest BCUT2D eigenvalue weighted by atomic mass is 14.0. The zero-order valence-corrected chi connectivity index (χ0v) is 7.02. The van der Waals surface area contributed by atoms with Gasteiger partial charge in [0, 0.05) is 5.56 Å². The van der Waals surface area contributed by atoms with E-state index in [0.717, 1.165) is 12.0 Å². The van der Waals surface area contributed by atoms with Crippen molar-refractivity contribution in [3.05, 3.63) is 34.9 Å². The van der Waals surface area contributed by atoms with Crippen molar-refractivity contribution in [1.29, 1.82) is 0 Å². The molecule has 1 aromatic rings. The van der Waals surface area contributed by atoms with E-state index in [4.69, 9.17) is 6.42 Å². The van der Waals surface area contributed by atoms with E-state index in [1.165, 1.54) is 11.1 Å². The minimum absolute atomic E-state index is 0.988. The molecule has 0 nitrogen and oxygen atoms in total. The molecule has 0 heterocycles. The van der Waals surface area contributed by atoms with Crippen LogP contribution in [0.3, 0.4) is 0 Å². The first-order valence-electron chi connectivity index (χ1n) is 3.83. The van der Waals surface area contributed by atoms with Crippen LogP contribution in [0.4, 0.5) is 0 Å². The molecule has 0 unspecified atom stereocenters. The van der Waals surface area contributed by atoms with Crippen molar-refractivity contribution in [1.82, 2.24) is 0 Å². The van der Waals surface area contributed by atoms with Crippen molar-refractivity contribution in [2.75, 3.05) is 0 Å². The Labute approximate surface area is 68.3 Å². The fraction of sp³-hybridized carbons (Fsp3) is 0.273. The molecule has 1 aromatic carbocycles. The Hall–Kier alpha value is -1.22. The van der Waals surface area contributed by atoms with Crippen LogP contribution in [0, 0.1) is 19.3 Å². The van der Waals surface area contributed by atoms with Crippen LogP contribution in [0.2, 0.25) is 0 Å². The van der Waals surface area contributed by atoms with Crippen LogP contribution >= 0.6 is 0 Å². The number of terminal acetylenes is 1. The molecule has 0 saturated heterocycles. The summed E-state index contributed by atoms with van der Waals surface area (Å²) in [5, 5.41) is 0. The van der Waals surface area contributed by atoms with E-state index in [-0.39, 0.29) is 0 Å². The van der Waals surface area contributed by atoms with E-state index >= 15 is 0 Å². The number of hydrogen-bond donors (Lipinski definition) is 0. The lowest BCUT2D eigenvalue weighted by molar-refractivity contribution is 1.13. The molecule has 0 N–H and O–H groups in total. The van der Waals surface area contributed by atoms with Gasteiger partial charge < -0.3 is 0 Å². The van der Waals surface area contributed by atoms with E-state index in [2.05, 4.69) is 31.9 Å². The van der Waals surface area contributed by atoms with Crippen molar-refractivity contribution >= 4 is 0 Å². The molecule has 0 saturated carbocycles. The molecular weight excluding hydrogens is 132 g/mol.